The van der Waals surface area contributed by atoms with Crippen LogP contribution >= 0.6 is 0 Å². The molecular formula is C29H33N3O2. The van der Waals surface area contributed by atoms with E-state index in [1.165, 1.54) is 11.1 Å². The van der Waals surface area contributed by atoms with E-state index in [1.54, 1.807) is 0 Å². The van der Waals surface area contributed by atoms with Crippen LogP contribution in [0.25, 0.3) is 11.0 Å². The molecule has 4 rings (SSSR count). The van der Waals surface area contributed by atoms with E-state index >= 15 is 0 Å². The van der Waals surface area contributed by atoms with Gasteiger partial charge in [0, 0.05) is 13.0 Å². The summed E-state index contributed by atoms with van der Waals surface area (Å²) in [6, 6.07) is 24.6. The van der Waals surface area contributed by atoms with Gasteiger partial charge in [0.1, 0.15) is 11.6 Å². The van der Waals surface area contributed by atoms with Crippen molar-refractivity contribution in [3.63, 3.8) is 0 Å². The van der Waals surface area contributed by atoms with Crippen molar-refractivity contribution in [1.82, 2.24) is 14.9 Å². The summed E-state index contributed by atoms with van der Waals surface area (Å²) < 4.78 is 8.24. The molecule has 1 aromatic heterocycles. The van der Waals surface area contributed by atoms with E-state index in [2.05, 4.69) is 60.1 Å². The van der Waals surface area contributed by atoms with Crippen LogP contribution in [0.4, 0.5) is 0 Å². The third kappa shape index (κ3) is 6.25. The minimum atomic E-state index is 0.0457. The molecule has 1 N–H and O–H groups in total. The molecule has 0 aliphatic rings. The number of unbranched alkanes of at least 4 members (excludes halogenated alkanes) is 1. The number of nitrogens with zero attached hydrogens (tertiary/aromatic N) is 2. The Kier molecular flexibility index (Phi) is 7.97. The fraction of sp³-hybridized carbons (Fsp3) is 0.310. The number of para-hydroxylation sites is 2. The molecule has 0 saturated carbocycles. The first-order valence-corrected chi connectivity index (χ1v) is 12.0. The van der Waals surface area contributed by atoms with Crippen LogP contribution in [0, 0.1) is 13.8 Å². The average Bonchev–Trinajstić information content (AvgIpc) is 3.21. The standard InChI is InChI=1S/C29H33N3O2/c1-22-14-15-23(2)27(20-22)34-19-9-8-18-32-26-13-7-6-12-25(26)31-28(32)21-30-29(33)17-16-24-10-4-3-5-11-24/h3-7,10-15,20H,8-9,16-19,21H2,1-2H3,(H,30,33). The molecule has 5 heteroatoms. The molecule has 0 fully saturated rings. The van der Waals surface area contributed by atoms with Crippen LogP contribution < -0.4 is 10.1 Å². The number of carbonyl (C=O) groups is 1. The predicted octanol–water partition coefficient (Wildman–Crippen LogP) is 5.76. The van der Waals surface area contributed by atoms with Crippen LogP contribution in [0.15, 0.2) is 72.8 Å². The molecule has 3 aromatic carbocycles. The van der Waals surface area contributed by atoms with Crippen molar-refractivity contribution in [3.8, 4) is 5.75 Å². The van der Waals surface area contributed by atoms with Crippen molar-refractivity contribution >= 4 is 16.9 Å². The summed E-state index contributed by atoms with van der Waals surface area (Å²) in [6.07, 6.45) is 3.13. The number of hydrogen-bond donors (Lipinski definition) is 1. The van der Waals surface area contributed by atoms with E-state index in [0.29, 0.717) is 19.6 Å². The number of hydrogen-bond acceptors (Lipinski definition) is 3. The summed E-state index contributed by atoms with van der Waals surface area (Å²) in [5.41, 5.74) is 5.61. The smallest absolute Gasteiger partial charge is 0.220 e. The van der Waals surface area contributed by atoms with E-state index in [1.807, 2.05) is 36.4 Å². The zero-order valence-electron chi connectivity index (χ0n) is 20.1. The fourth-order valence-electron chi connectivity index (χ4n) is 4.10. The largest absolute Gasteiger partial charge is 0.493 e. The minimum absolute atomic E-state index is 0.0457. The molecule has 0 unspecified atom stereocenters. The topological polar surface area (TPSA) is 56.1 Å². The molecular weight excluding hydrogens is 422 g/mol. The molecule has 0 spiro atoms. The Bertz CT molecular complexity index is 1230. The Balaban J connectivity index is 1.31. The van der Waals surface area contributed by atoms with E-state index in [0.717, 1.165) is 54.0 Å². The van der Waals surface area contributed by atoms with Crippen LogP contribution in [0.3, 0.4) is 0 Å². The van der Waals surface area contributed by atoms with Gasteiger partial charge in [0.15, 0.2) is 0 Å². The van der Waals surface area contributed by atoms with Gasteiger partial charge in [-0.25, -0.2) is 4.98 Å². The molecule has 0 aliphatic carbocycles. The Morgan fingerprint density at radius 3 is 2.62 bits per heavy atom. The Labute approximate surface area is 201 Å². The van der Waals surface area contributed by atoms with Gasteiger partial charge in [0.2, 0.25) is 5.91 Å². The van der Waals surface area contributed by atoms with Crippen molar-refractivity contribution in [1.29, 1.82) is 0 Å². The highest BCUT2D eigenvalue weighted by Crippen LogP contribution is 2.20. The molecule has 0 radical (unpaired) electrons. The van der Waals surface area contributed by atoms with Crippen LogP contribution in [0.5, 0.6) is 5.75 Å². The second-order valence-corrected chi connectivity index (χ2v) is 8.76. The predicted molar refractivity (Wildman–Crippen MR) is 137 cm³/mol. The highest BCUT2D eigenvalue weighted by Gasteiger charge is 2.12. The molecule has 0 aliphatic heterocycles. The zero-order valence-corrected chi connectivity index (χ0v) is 20.1. The number of imidazole rings is 1. The average molecular weight is 456 g/mol. The Morgan fingerprint density at radius 1 is 0.971 bits per heavy atom. The Hall–Kier alpha value is -3.60. The second kappa shape index (κ2) is 11.5. The van der Waals surface area contributed by atoms with Gasteiger partial charge in [-0.05, 0) is 68.0 Å². The van der Waals surface area contributed by atoms with Crippen molar-refractivity contribution < 1.29 is 9.53 Å². The second-order valence-electron chi connectivity index (χ2n) is 8.76. The zero-order chi connectivity index (χ0) is 23.8. The summed E-state index contributed by atoms with van der Waals surface area (Å²) in [5.74, 6) is 1.90. The number of nitrogens with one attached hydrogen (secondary N) is 1. The lowest BCUT2D eigenvalue weighted by Gasteiger charge is -2.12. The maximum atomic E-state index is 12.4. The fourth-order valence-corrected chi connectivity index (χ4v) is 4.10. The summed E-state index contributed by atoms with van der Waals surface area (Å²) in [5, 5.41) is 3.06. The third-order valence-corrected chi connectivity index (χ3v) is 6.04. The third-order valence-electron chi connectivity index (χ3n) is 6.04. The van der Waals surface area contributed by atoms with Gasteiger partial charge >= 0.3 is 0 Å². The number of aromatic nitrogens is 2. The summed E-state index contributed by atoms with van der Waals surface area (Å²) in [6.45, 7) is 6.11. The molecule has 4 aromatic rings. The molecule has 0 saturated heterocycles. The quantitative estimate of drug-likeness (QED) is 0.293. The molecule has 1 amide bonds. The van der Waals surface area contributed by atoms with Crippen LogP contribution in [0.1, 0.15) is 41.8 Å². The summed E-state index contributed by atoms with van der Waals surface area (Å²) in [7, 11) is 0. The van der Waals surface area contributed by atoms with E-state index in [4.69, 9.17) is 9.72 Å². The van der Waals surface area contributed by atoms with Gasteiger partial charge in [-0.3, -0.25) is 4.79 Å². The van der Waals surface area contributed by atoms with Gasteiger partial charge in [0.25, 0.3) is 0 Å². The highest BCUT2D eigenvalue weighted by atomic mass is 16.5. The molecule has 34 heavy (non-hydrogen) atoms. The van der Waals surface area contributed by atoms with Crippen LogP contribution in [0.2, 0.25) is 0 Å². The first-order chi connectivity index (χ1) is 16.6. The molecule has 0 bridgehead atoms. The van der Waals surface area contributed by atoms with Crippen molar-refractivity contribution in [2.24, 2.45) is 0 Å². The van der Waals surface area contributed by atoms with Crippen molar-refractivity contribution in [3.05, 3.63) is 95.3 Å². The highest BCUT2D eigenvalue weighted by molar-refractivity contribution is 5.77. The molecule has 5 nitrogen and oxygen atoms in total. The van der Waals surface area contributed by atoms with Gasteiger partial charge in [-0.1, -0.05) is 54.6 Å². The molecule has 176 valence electrons. The number of aryl methyl sites for hydroxylation is 4. The van der Waals surface area contributed by atoms with Gasteiger partial charge < -0.3 is 14.6 Å². The van der Waals surface area contributed by atoms with Crippen molar-refractivity contribution in [2.45, 2.75) is 52.6 Å². The van der Waals surface area contributed by atoms with Gasteiger partial charge in [-0.15, -0.1) is 0 Å². The van der Waals surface area contributed by atoms with E-state index in [9.17, 15) is 4.79 Å². The lowest BCUT2D eigenvalue weighted by atomic mass is 10.1. The number of carbonyl (C=O) groups excluding carboxylic acids is 1. The molecule has 0 atom stereocenters. The number of ether oxygens (including phenoxy) is 1. The lowest BCUT2D eigenvalue weighted by Crippen LogP contribution is -2.25. The summed E-state index contributed by atoms with van der Waals surface area (Å²) >= 11 is 0. The first kappa shape index (κ1) is 23.6. The maximum absolute atomic E-state index is 12.4. The number of fused-ring (bicyclic) bond motifs is 1. The molecule has 1 heterocycles. The monoisotopic (exact) mass is 455 g/mol. The normalized spacial score (nSPS) is 11.0. The van der Waals surface area contributed by atoms with Crippen molar-refractivity contribution in [2.75, 3.05) is 6.61 Å². The van der Waals surface area contributed by atoms with E-state index in [-0.39, 0.29) is 5.91 Å². The Morgan fingerprint density at radius 2 is 1.76 bits per heavy atom. The van der Waals surface area contributed by atoms with Crippen LogP contribution in [-0.2, 0) is 24.3 Å². The minimum Gasteiger partial charge on any atom is -0.493 e. The number of rotatable bonds is 11. The van der Waals surface area contributed by atoms with E-state index < -0.39 is 0 Å². The van der Waals surface area contributed by atoms with Crippen LogP contribution in [-0.4, -0.2) is 22.1 Å². The maximum Gasteiger partial charge on any atom is 0.220 e. The lowest BCUT2D eigenvalue weighted by molar-refractivity contribution is -0.121. The number of benzene rings is 3. The van der Waals surface area contributed by atoms with Gasteiger partial charge in [0.05, 0.1) is 24.2 Å². The number of amides is 1. The summed E-state index contributed by atoms with van der Waals surface area (Å²) in [4.78, 5) is 17.2. The SMILES string of the molecule is Cc1ccc(C)c(OCCCCn2c(CNC(=O)CCc3ccccc3)nc3ccccc32)c1. The first-order valence-electron chi connectivity index (χ1n) is 12.0. The van der Waals surface area contributed by atoms with Gasteiger partial charge in [-0.2, -0.15) is 0 Å².